The van der Waals surface area contributed by atoms with Crippen molar-refractivity contribution in [3.63, 3.8) is 0 Å². The monoisotopic (exact) mass is 267 g/mol. The Balaban J connectivity index is 2.08. The van der Waals surface area contributed by atoms with Crippen molar-refractivity contribution in [3.8, 4) is 11.4 Å². The Labute approximate surface area is 117 Å². The summed E-state index contributed by atoms with van der Waals surface area (Å²) >= 11 is 0. The molecule has 1 atom stereocenters. The van der Waals surface area contributed by atoms with Crippen LogP contribution in [0.3, 0.4) is 0 Å². The van der Waals surface area contributed by atoms with Gasteiger partial charge in [0.05, 0.1) is 6.04 Å². The van der Waals surface area contributed by atoms with E-state index in [-0.39, 0.29) is 6.04 Å². The standard InChI is InChI=1S/C16H17N3O/c1-3-14(17-2)16-18-15(19-20-16)13-10-6-8-11-7-4-5-9-12(11)13/h4-10,14,17H,3H2,1-2H3. The Morgan fingerprint density at radius 2 is 1.95 bits per heavy atom. The maximum atomic E-state index is 5.39. The van der Waals surface area contributed by atoms with Crippen LogP contribution in [0.25, 0.3) is 22.2 Å². The van der Waals surface area contributed by atoms with E-state index in [1.54, 1.807) is 0 Å². The van der Waals surface area contributed by atoms with Crippen molar-refractivity contribution in [2.45, 2.75) is 19.4 Å². The van der Waals surface area contributed by atoms with Crippen LogP contribution >= 0.6 is 0 Å². The Hall–Kier alpha value is -2.20. The topological polar surface area (TPSA) is 51.0 Å². The minimum atomic E-state index is 0.103. The van der Waals surface area contributed by atoms with E-state index in [2.05, 4.69) is 40.6 Å². The van der Waals surface area contributed by atoms with Crippen LogP contribution in [0.4, 0.5) is 0 Å². The first-order valence-electron chi connectivity index (χ1n) is 6.82. The number of benzene rings is 2. The van der Waals surface area contributed by atoms with Gasteiger partial charge in [0.2, 0.25) is 11.7 Å². The molecule has 0 bridgehead atoms. The van der Waals surface area contributed by atoms with Crippen LogP contribution in [-0.2, 0) is 0 Å². The lowest BCUT2D eigenvalue weighted by Crippen LogP contribution is -2.15. The number of fused-ring (bicyclic) bond motifs is 1. The molecule has 4 heteroatoms. The zero-order valence-electron chi connectivity index (χ0n) is 11.6. The van der Waals surface area contributed by atoms with E-state index in [1.807, 2.05) is 31.3 Å². The molecule has 0 saturated carbocycles. The highest BCUT2D eigenvalue weighted by Gasteiger charge is 2.17. The number of nitrogens with one attached hydrogen (secondary N) is 1. The number of aromatic nitrogens is 2. The molecule has 102 valence electrons. The van der Waals surface area contributed by atoms with Gasteiger partial charge in [-0.15, -0.1) is 0 Å². The predicted octanol–water partition coefficient (Wildman–Crippen LogP) is 3.56. The van der Waals surface area contributed by atoms with Gasteiger partial charge in [0.25, 0.3) is 0 Å². The molecule has 0 aliphatic heterocycles. The number of hydrogen-bond acceptors (Lipinski definition) is 4. The third kappa shape index (κ3) is 2.18. The minimum Gasteiger partial charge on any atom is -0.337 e. The molecule has 0 fully saturated rings. The lowest BCUT2D eigenvalue weighted by Gasteiger charge is -2.06. The van der Waals surface area contributed by atoms with Crippen LogP contribution in [-0.4, -0.2) is 17.2 Å². The van der Waals surface area contributed by atoms with Gasteiger partial charge in [0.15, 0.2) is 0 Å². The van der Waals surface area contributed by atoms with Gasteiger partial charge in [-0.05, 0) is 24.2 Å². The van der Waals surface area contributed by atoms with E-state index in [9.17, 15) is 0 Å². The Morgan fingerprint density at radius 1 is 1.15 bits per heavy atom. The van der Waals surface area contributed by atoms with Crippen molar-refractivity contribution >= 4 is 10.8 Å². The second-order valence-electron chi connectivity index (χ2n) is 4.73. The van der Waals surface area contributed by atoms with Crippen LogP contribution in [0.1, 0.15) is 25.3 Å². The summed E-state index contributed by atoms with van der Waals surface area (Å²) in [5.41, 5.74) is 1.00. The lowest BCUT2D eigenvalue weighted by molar-refractivity contribution is 0.334. The van der Waals surface area contributed by atoms with Crippen LogP contribution in [0.2, 0.25) is 0 Å². The molecule has 0 radical (unpaired) electrons. The molecule has 20 heavy (non-hydrogen) atoms. The first-order chi connectivity index (χ1) is 9.83. The number of hydrogen-bond donors (Lipinski definition) is 1. The van der Waals surface area contributed by atoms with Crippen molar-refractivity contribution < 1.29 is 4.52 Å². The highest BCUT2D eigenvalue weighted by Crippen LogP contribution is 2.27. The molecule has 1 unspecified atom stereocenters. The SMILES string of the molecule is CCC(NC)c1nc(-c2cccc3ccccc23)no1. The molecule has 3 aromatic rings. The maximum absolute atomic E-state index is 5.39. The summed E-state index contributed by atoms with van der Waals surface area (Å²) in [6.07, 6.45) is 0.910. The number of rotatable bonds is 4. The third-order valence-corrected chi connectivity index (χ3v) is 3.53. The molecule has 2 aromatic carbocycles. The van der Waals surface area contributed by atoms with Crippen molar-refractivity contribution in [3.05, 3.63) is 48.4 Å². The van der Waals surface area contributed by atoms with Crippen LogP contribution in [0.5, 0.6) is 0 Å². The summed E-state index contributed by atoms with van der Waals surface area (Å²) in [6, 6.07) is 14.4. The molecule has 3 rings (SSSR count). The van der Waals surface area contributed by atoms with Gasteiger partial charge in [0, 0.05) is 5.56 Å². The van der Waals surface area contributed by atoms with Crippen molar-refractivity contribution in [2.24, 2.45) is 0 Å². The summed E-state index contributed by atoms with van der Waals surface area (Å²) in [7, 11) is 1.90. The van der Waals surface area contributed by atoms with Gasteiger partial charge < -0.3 is 9.84 Å². The largest absolute Gasteiger partial charge is 0.337 e. The fourth-order valence-corrected chi connectivity index (χ4v) is 2.41. The summed E-state index contributed by atoms with van der Waals surface area (Å²) in [6.45, 7) is 2.09. The van der Waals surface area contributed by atoms with Gasteiger partial charge in [-0.1, -0.05) is 54.5 Å². The fraction of sp³-hybridized carbons (Fsp3) is 0.250. The zero-order valence-corrected chi connectivity index (χ0v) is 11.6. The molecular weight excluding hydrogens is 250 g/mol. The third-order valence-electron chi connectivity index (χ3n) is 3.53. The quantitative estimate of drug-likeness (QED) is 0.785. The molecule has 0 aliphatic carbocycles. The van der Waals surface area contributed by atoms with Gasteiger partial charge in [-0.2, -0.15) is 4.98 Å². The van der Waals surface area contributed by atoms with Crippen molar-refractivity contribution in [1.29, 1.82) is 0 Å². The average Bonchev–Trinajstić information content (AvgIpc) is 2.97. The molecule has 4 nitrogen and oxygen atoms in total. The second kappa shape index (κ2) is 5.43. The average molecular weight is 267 g/mol. The van der Waals surface area contributed by atoms with E-state index in [0.29, 0.717) is 11.7 Å². The normalized spacial score (nSPS) is 12.7. The van der Waals surface area contributed by atoms with Gasteiger partial charge in [0.1, 0.15) is 0 Å². The molecule has 1 heterocycles. The zero-order chi connectivity index (χ0) is 13.9. The second-order valence-corrected chi connectivity index (χ2v) is 4.73. The van der Waals surface area contributed by atoms with Crippen LogP contribution in [0.15, 0.2) is 47.0 Å². The van der Waals surface area contributed by atoms with Gasteiger partial charge in [-0.3, -0.25) is 0 Å². The van der Waals surface area contributed by atoms with Gasteiger partial charge >= 0.3 is 0 Å². The highest BCUT2D eigenvalue weighted by atomic mass is 16.5. The molecule has 0 spiro atoms. The smallest absolute Gasteiger partial charge is 0.244 e. The molecule has 1 aromatic heterocycles. The molecule has 0 saturated heterocycles. The molecular formula is C16H17N3O. The molecule has 1 N–H and O–H groups in total. The van der Waals surface area contributed by atoms with E-state index >= 15 is 0 Å². The summed E-state index contributed by atoms with van der Waals surface area (Å²) in [5.74, 6) is 1.28. The molecule has 0 aliphatic rings. The lowest BCUT2D eigenvalue weighted by atomic mass is 10.0. The van der Waals surface area contributed by atoms with Crippen molar-refractivity contribution in [1.82, 2.24) is 15.5 Å². The fourth-order valence-electron chi connectivity index (χ4n) is 2.41. The summed E-state index contributed by atoms with van der Waals surface area (Å²) < 4.78 is 5.39. The Kier molecular flexibility index (Phi) is 3.48. The predicted molar refractivity (Wildman–Crippen MR) is 79.3 cm³/mol. The first kappa shape index (κ1) is 12.8. The van der Waals surface area contributed by atoms with E-state index < -0.39 is 0 Å². The Morgan fingerprint density at radius 3 is 2.75 bits per heavy atom. The molecule has 0 amide bonds. The van der Waals surface area contributed by atoms with E-state index in [1.165, 1.54) is 5.39 Å². The van der Waals surface area contributed by atoms with E-state index in [4.69, 9.17) is 4.52 Å². The first-order valence-corrected chi connectivity index (χ1v) is 6.82. The Bertz CT molecular complexity index is 711. The van der Waals surface area contributed by atoms with Gasteiger partial charge in [-0.25, -0.2) is 0 Å². The summed E-state index contributed by atoms with van der Waals surface area (Å²) in [5, 5.41) is 9.62. The highest BCUT2D eigenvalue weighted by molar-refractivity contribution is 5.94. The minimum absolute atomic E-state index is 0.103. The summed E-state index contributed by atoms with van der Waals surface area (Å²) in [4.78, 5) is 4.53. The number of nitrogens with zero attached hydrogens (tertiary/aromatic N) is 2. The van der Waals surface area contributed by atoms with Crippen LogP contribution in [0, 0.1) is 0 Å². The van der Waals surface area contributed by atoms with E-state index in [0.717, 1.165) is 17.4 Å². The van der Waals surface area contributed by atoms with Crippen LogP contribution < -0.4 is 5.32 Å². The maximum Gasteiger partial charge on any atom is 0.244 e. The van der Waals surface area contributed by atoms with Crippen molar-refractivity contribution in [2.75, 3.05) is 7.05 Å².